The number of anilines is 2. The molecule has 0 saturated carbocycles. The van der Waals surface area contributed by atoms with Gasteiger partial charge in [-0.2, -0.15) is 0 Å². The number of likely N-dealkylation sites (tertiary alicyclic amines) is 1. The van der Waals surface area contributed by atoms with Crippen LogP contribution in [0.1, 0.15) is 30.1 Å². The summed E-state index contributed by atoms with van der Waals surface area (Å²) in [6.07, 6.45) is 1.47. The number of benzene rings is 3. The van der Waals surface area contributed by atoms with E-state index in [2.05, 4.69) is 10.6 Å². The average Bonchev–Trinajstić information content (AvgIpc) is 2.83. The molecule has 7 nitrogen and oxygen atoms in total. The Morgan fingerprint density at radius 3 is 2.39 bits per heavy atom. The zero-order valence-electron chi connectivity index (χ0n) is 18.8. The lowest BCUT2D eigenvalue weighted by Gasteiger charge is -2.32. The molecule has 0 radical (unpaired) electrons. The molecule has 3 aromatic rings. The molecule has 4 rings (SSSR count). The summed E-state index contributed by atoms with van der Waals surface area (Å²) in [6, 6.07) is 18.3. The Hall–Kier alpha value is -3.87. The molecule has 0 bridgehead atoms. The van der Waals surface area contributed by atoms with Crippen LogP contribution >= 0.6 is 0 Å². The summed E-state index contributed by atoms with van der Waals surface area (Å²) in [5.74, 6) is 0.0215. The third-order valence-electron chi connectivity index (χ3n) is 5.86. The second-order valence-electron chi connectivity index (χ2n) is 8.20. The lowest BCUT2D eigenvalue weighted by molar-refractivity contribution is -0.121. The van der Waals surface area contributed by atoms with E-state index in [1.165, 1.54) is 6.92 Å². The number of ether oxygens (including phenoxy) is 1. The van der Waals surface area contributed by atoms with Gasteiger partial charge in [-0.15, -0.1) is 0 Å². The summed E-state index contributed by atoms with van der Waals surface area (Å²) in [5.41, 5.74) is 1.83. The van der Waals surface area contributed by atoms with Crippen molar-refractivity contribution in [1.82, 2.24) is 4.90 Å². The zero-order valence-corrected chi connectivity index (χ0v) is 18.8. The van der Waals surface area contributed by atoms with E-state index in [9.17, 15) is 14.4 Å². The fourth-order valence-corrected chi connectivity index (χ4v) is 4.30. The summed E-state index contributed by atoms with van der Waals surface area (Å²) in [4.78, 5) is 39.4. The van der Waals surface area contributed by atoms with Crippen LogP contribution in [0.25, 0.3) is 10.8 Å². The van der Waals surface area contributed by atoms with Gasteiger partial charge in [-0.05, 0) is 48.6 Å². The molecular weight excluding hydrogens is 418 g/mol. The number of hydrogen-bond donors (Lipinski definition) is 2. The van der Waals surface area contributed by atoms with Crippen LogP contribution in [-0.4, -0.2) is 42.8 Å². The van der Waals surface area contributed by atoms with Crippen molar-refractivity contribution in [2.24, 2.45) is 5.92 Å². The Balaban J connectivity index is 1.49. The first kappa shape index (κ1) is 22.3. The highest BCUT2D eigenvalue weighted by Crippen LogP contribution is 2.30. The zero-order chi connectivity index (χ0) is 23.4. The fraction of sp³-hybridized carbons (Fsp3) is 0.269. The Bertz CT molecular complexity index is 1210. The third-order valence-corrected chi connectivity index (χ3v) is 5.86. The van der Waals surface area contributed by atoms with Gasteiger partial charge in [-0.1, -0.05) is 30.3 Å². The summed E-state index contributed by atoms with van der Waals surface area (Å²) in [6.45, 7) is 2.41. The first-order valence-electron chi connectivity index (χ1n) is 11.0. The van der Waals surface area contributed by atoms with Crippen LogP contribution in [0, 0.1) is 5.92 Å². The molecule has 170 valence electrons. The van der Waals surface area contributed by atoms with E-state index >= 15 is 0 Å². The lowest BCUT2D eigenvalue weighted by atomic mass is 9.95. The van der Waals surface area contributed by atoms with Gasteiger partial charge in [0, 0.05) is 42.3 Å². The third kappa shape index (κ3) is 4.98. The summed E-state index contributed by atoms with van der Waals surface area (Å²) < 4.78 is 5.44. The molecule has 3 amide bonds. The molecule has 1 aliphatic rings. The number of fused-ring (bicyclic) bond motifs is 1. The molecule has 3 aromatic carbocycles. The van der Waals surface area contributed by atoms with Crippen molar-refractivity contribution in [3.05, 3.63) is 66.2 Å². The molecule has 7 heteroatoms. The van der Waals surface area contributed by atoms with Gasteiger partial charge in [-0.25, -0.2) is 0 Å². The van der Waals surface area contributed by atoms with Crippen molar-refractivity contribution in [2.75, 3.05) is 30.8 Å². The van der Waals surface area contributed by atoms with Gasteiger partial charge in [0.15, 0.2) is 0 Å². The van der Waals surface area contributed by atoms with Gasteiger partial charge < -0.3 is 20.3 Å². The second kappa shape index (κ2) is 9.73. The van der Waals surface area contributed by atoms with E-state index in [-0.39, 0.29) is 23.6 Å². The van der Waals surface area contributed by atoms with E-state index in [0.29, 0.717) is 36.4 Å². The van der Waals surface area contributed by atoms with Gasteiger partial charge in [0.1, 0.15) is 5.75 Å². The van der Waals surface area contributed by atoms with Crippen molar-refractivity contribution >= 4 is 39.9 Å². The SMILES string of the molecule is COc1ccc(C(=O)N2CCC[C@@H](C(=O)Nc3cccc(NC(C)=O)c3)C2)c2ccccc12. The maximum atomic E-state index is 13.4. The number of rotatable bonds is 5. The number of methoxy groups -OCH3 is 1. The molecule has 1 aliphatic heterocycles. The molecule has 1 atom stereocenters. The van der Waals surface area contributed by atoms with E-state index in [4.69, 9.17) is 4.74 Å². The quantitative estimate of drug-likeness (QED) is 0.613. The molecule has 1 saturated heterocycles. The minimum Gasteiger partial charge on any atom is -0.496 e. The van der Waals surface area contributed by atoms with Gasteiger partial charge in [0.2, 0.25) is 11.8 Å². The lowest BCUT2D eigenvalue weighted by Crippen LogP contribution is -2.43. The number of carbonyl (C=O) groups excluding carboxylic acids is 3. The Kier molecular flexibility index (Phi) is 6.58. The largest absolute Gasteiger partial charge is 0.496 e. The standard InChI is InChI=1S/C26H27N3O4/c1-17(30)27-19-8-5-9-20(15-19)28-25(31)18-7-6-14-29(16-18)26(32)23-12-13-24(33-2)22-11-4-3-10-21(22)23/h3-5,8-13,15,18H,6-7,14,16H2,1-2H3,(H,27,30)(H,28,31)/t18-/m1/s1. The smallest absolute Gasteiger partial charge is 0.254 e. The van der Waals surface area contributed by atoms with E-state index in [1.807, 2.05) is 30.3 Å². The van der Waals surface area contributed by atoms with Crippen LogP contribution in [0.2, 0.25) is 0 Å². The molecular formula is C26H27N3O4. The molecule has 1 heterocycles. The first-order valence-corrected chi connectivity index (χ1v) is 11.0. The average molecular weight is 446 g/mol. The number of hydrogen-bond acceptors (Lipinski definition) is 4. The van der Waals surface area contributed by atoms with Crippen LogP contribution in [0.5, 0.6) is 5.75 Å². The molecule has 0 aromatic heterocycles. The fourth-order valence-electron chi connectivity index (χ4n) is 4.30. The van der Waals surface area contributed by atoms with E-state index in [0.717, 1.165) is 22.9 Å². The molecule has 0 unspecified atom stereocenters. The Morgan fingerprint density at radius 1 is 0.939 bits per heavy atom. The molecule has 33 heavy (non-hydrogen) atoms. The van der Waals surface area contributed by atoms with Crippen molar-refractivity contribution < 1.29 is 19.1 Å². The van der Waals surface area contributed by atoms with Crippen molar-refractivity contribution in [3.8, 4) is 5.75 Å². The van der Waals surface area contributed by atoms with Crippen molar-refractivity contribution in [2.45, 2.75) is 19.8 Å². The maximum Gasteiger partial charge on any atom is 0.254 e. The van der Waals surface area contributed by atoms with E-state index < -0.39 is 0 Å². The monoisotopic (exact) mass is 445 g/mol. The van der Waals surface area contributed by atoms with Crippen LogP contribution in [0.4, 0.5) is 11.4 Å². The van der Waals surface area contributed by atoms with Gasteiger partial charge >= 0.3 is 0 Å². The number of piperidine rings is 1. The van der Waals surface area contributed by atoms with Crippen LogP contribution < -0.4 is 15.4 Å². The van der Waals surface area contributed by atoms with Gasteiger partial charge in [0.05, 0.1) is 13.0 Å². The normalized spacial score (nSPS) is 15.7. The number of amides is 3. The van der Waals surface area contributed by atoms with Gasteiger partial charge in [0.25, 0.3) is 5.91 Å². The van der Waals surface area contributed by atoms with Crippen LogP contribution in [0.15, 0.2) is 60.7 Å². The summed E-state index contributed by atoms with van der Waals surface area (Å²) in [5, 5.41) is 7.35. The van der Waals surface area contributed by atoms with Crippen LogP contribution in [-0.2, 0) is 9.59 Å². The van der Waals surface area contributed by atoms with Crippen LogP contribution in [0.3, 0.4) is 0 Å². The Morgan fingerprint density at radius 2 is 1.67 bits per heavy atom. The van der Waals surface area contributed by atoms with E-state index in [1.54, 1.807) is 42.3 Å². The summed E-state index contributed by atoms with van der Waals surface area (Å²) >= 11 is 0. The highest BCUT2D eigenvalue weighted by molar-refractivity contribution is 6.09. The highest BCUT2D eigenvalue weighted by Gasteiger charge is 2.30. The van der Waals surface area contributed by atoms with Crippen molar-refractivity contribution in [3.63, 3.8) is 0 Å². The maximum absolute atomic E-state index is 13.4. The first-order chi connectivity index (χ1) is 16.0. The predicted octanol–water partition coefficient (Wildman–Crippen LogP) is 4.30. The Labute approximate surface area is 192 Å². The highest BCUT2D eigenvalue weighted by atomic mass is 16.5. The minimum absolute atomic E-state index is 0.0843. The number of nitrogens with zero attached hydrogens (tertiary/aromatic N) is 1. The topological polar surface area (TPSA) is 87.7 Å². The molecule has 0 spiro atoms. The second-order valence-corrected chi connectivity index (χ2v) is 8.20. The number of nitrogens with one attached hydrogen (secondary N) is 2. The number of carbonyl (C=O) groups is 3. The molecule has 2 N–H and O–H groups in total. The molecule has 0 aliphatic carbocycles. The summed E-state index contributed by atoms with van der Waals surface area (Å²) in [7, 11) is 1.61. The predicted molar refractivity (Wildman–Crippen MR) is 129 cm³/mol. The van der Waals surface area contributed by atoms with Crippen molar-refractivity contribution in [1.29, 1.82) is 0 Å². The minimum atomic E-state index is -0.309. The molecule has 1 fully saturated rings. The van der Waals surface area contributed by atoms with Gasteiger partial charge in [-0.3, -0.25) is 14.4 Å².